The number of fused-ring (bicyclic) bond motifs is 1. The smallest absolute Gasteiger partial charge is 0.305 e. The third kappa shape index (κ3) is 4.64. The van der Waals surface area contributed by atoms with E-state index in [2.05, 4.69) is 11.8 Å². The zero-order valence-electron chi connectivity index (χ0n) is 14.3. The van der Waals surface area contributed by atoms with E-state index in [1.165, 1.54) is 4.90 Å². The van der Waals surface area contributed by atoms with Gasteiger partial charge < -0.3 is 25.7 Å². The number of nitrogens with two attached hydrogens (primary N) is 1. The van der Waals surface area contributed by atoms with Gasteiger partial charge in [-0.25, -0.2) is 0 Å². The molecule has 0 spiro atoms. The average Bonchev–Trinajstić information content (AvgIpc) is 2.56. The fourth-order valence-corrected chi connectivity index (χ4v) is 2.68. The Bertz CT molecular complexity index is 721. The molecule has 0 aromatic heterocycles. The van der Waals surface area contributed by atoms with Crippen molar-refractivity contribution in [2.75, 3.05) is 36.5 Å². The highest BCUT2D eigenvalue weighted by atomic mass is 16.4. The average molecular weight is 345 g/mol. The highest BCUT2D eigenvalue weighted by Crippen LogP contribution is 2.41. The molecular formula is C18H23N3O4. The molecule has 7 nitrogen and oxygen atoms in total. The number of amides is 1. The van der Waals surface area contributed by atoms with Crippen LogP contribution in [0.1, 0.15) is 31.2 Å². The number of unbranched alkanes of at least 4 members (excludes halogenated alkanes) is 2. The molecule has 1 aliphatic rings. The maximum absolute atomic E-state index is 12.2. The summed E-state index contributed by atoms with van der Waals surface area (Å²) in [6, 6.07) is 3.29. The molecule has 1 amide bonds. The fourth-order valence-electron chi connectivity index (χ4n) is 2.68. The predicted molar refractivity (Wildman–Crippen MR) is 95.8 cm³/mol. The zero-order chi connectivity index (χ0) is 18.4. The highest BCUT2D eigenvalue weighted by Gasteiger charge is 2.29. The molecule has 4 N–H and O–H groups in total. The number of likely N-dealkylation sites (N-methyl/N-ethyl adjacent to an activating group) is 1. The van der Waals surface area contributed by atoms with Gasteiger partial charge >= 0.3 is 5.97 Å². The fraction of sp³-hybridized carbons (Fsp3) is 0.444. The monoisotopic (exact) mass is 345 g/mol. The van der Waals surface area contributed by atoms with Crippen molar-refractivity contribution < 1.29 is 19.8 Å². The summed E-state index contributed by atoms with van der Waals surface area (Å²) in [6.07, 6.45) is 2.44. The molecule has 1 heterocycles. The van der Waals surface area contributed by atoms with Crippen LogP contribution in [0.4, 0.5) is 11.4 Å². The van der Waals surface area contributed by atoms with Crippen LogP contribution in [0.25, 0.3) is 0 Å². The number of rotatable bonds is 6. The number of nitrogens with zero attached hydrogens (tertiary/aromatic N) is 2. The first-order valence-electron chi connectivity index (χ1n) is 8.23. The van der Waals surface area contributed by atoms with E-state index in [1.807, 2.05) is 0 Å². The van der Waals surface area contributed by atoms with Gasteiger partial charge in [0.2, 0.25) is 5.91 Å². The van der Waals surface area contributed by atoms with Gasteiger partial charge in [-0.15, -0.1) is 0 Å². The summed E-state index contributed by atoms with van der Waals surface area (Å²) in [6.45, 7) is 0.828. The van der Waals surface area contributed by atoms with Crippen LogP contribution in [0.15, 0.2) is 12.1 Å². The van der Waals surface area contributed by atoms with E-state index < -0.39 is 5.97 Å². The number of carbonyl (C=O) groups excluding carboxylic acids is 1. The molecule has 0 bridgehead atoms. The number of phenolic OH excluding ortho intramolecular Hbond substituents is 1. The summed E-state index contributed by atoms with van der Waals surface area (Å²) in [4.78, 5) is 26.1. The van der Waals surface area contributed by atoms with Gasteiger partial charge in [0.15, 0.2) is 0 Å². The van der Waals surface area contributed by atoms with Crippen LogP contribution in [-0.4, -0.2) is 48.8 Å². The normalized spacial score (nSPS) is 13.3. The summed E-state index contributed by atoms with van der Waals surface area (Å²) < 4.78 is 0. The molecule has 0 aliphatic carbocycles. The first-order valence-corrected chi connectivity index (χ1v) is 8.23. The van der Waals surface area contributed by atoms with Gasteiger partial charge in [0, 0.05) is 25.6 Å². The molecular weight excluding hydrogens is 322 g/mol. The lowest BCUT2D eigenvalue weighted by Crippen LogP contribution is -2.44. The van der Waals surface area contributed by atoms with E-state index in [0.717, 1.165) is 12.8 Å². The maximum Gasteiger partial charge on any atom is 0.305 e. The van der Waals surface area contributed by atoms with Crippen LogP contribution in [0, 0.1) is 11.8 Å². The minimum absolute atomic E-state index is 0.00602. The maximum atomic E-state index is 12.2. The van der Waals surface area contributed by atoms with Crippen LogP contribution >= 0.6 is 0 Å². The Kier molecular flexibility index (Phi) is 6.25. The number of hydrogen-bond acceptors (Lipinski definition) is 5. The molecule has 0 radical (unpaired) electrons. The van der Waals surface area contributed by atoms with Gasteiger partial charge in [0.25, 0.3) is 0 Å². The number of carboxylic acid groups (broad SMARTS) is 1. The lowest BCUT2D eigenvalue weighted by molar-refractivity contribution is -0.136. The van der Waals surface area contributed by atoms with Crippen LogP contribution < -0.4 is 15.5 Å². The number of phenols is 1. The Labute approximate surface area is 147 Å². The van der Waals surface area contributed by atoms with E-state index in [9.17, 15) is 14.7 Å². The molecule has 1 aromatic carbocycles. The van der Waals surface area contributed by atoms with E-state index in [0.29, 0.717) is 29.9 Å². The predicted octanol–water partition coefficient (Wildman–Crippen LogP) is 1.13. The molecule has 0 saturated carbocycles. The van der Waals surface area contributed by atoms with Crippen LogP contribution in [-0.2, 0) is 9.59 Å². The van der Waals surface area contributed by atoms with Crippen molar-refractivity contribution in [3.8, 4) is 17.6 Å². The Morgan fingerprint density at radius 1 is 1.36 bits per heavy atom. The van der Waals surface area contributed by atoms with Gasteiger partial charge in [0.05, 0.1) is 18.7 Å². The Hall–Kier alpha value is -2.72. The molecule has 25 heavy (non-hydrogen) atoms. The Morgan fingerprint density at radius 2 is 2.12 bits per heavy atom. The summed E-state index contributed by atoms with van der Waals surface area (Å²) in [7, 11) is 1.63. The van der Waals surface area contributed by atoms with Crippen molar-refractivity contribution in [1.82, 2.24) is 0 Å². The number of benzene rings is 1. The molecule has 7 heteroatoms. The van der Waals surface area contributed by atoms with Crippen molar-refractivity contribution in [2.24, 2.45) is 5.73 Å². The second-order valence-corrected chi connectivity index (χ2v) is 5.93. The Balaban J connectivity index is 2.29. The van der Waals surface area contributed by atoms with E-state index in [1.54, 1.807) is 24.1 Å². The minimum atomic E-state index is -0.951. The third-order valence-corrected chi connectivity index (χ3v) is 4.03. The van der Waals surface area contributed by atoms with Crippen LogP contribution in [0.3, 0.4) is 0 Å². The van der Waals surface area contributed by atoms with Gasteiger partial charge in [-0.2, -0.15) is 0 Å². The topological polar surface area (TPSA) is 107 Å². The lowest BCUT2D eigenvalue weighted by atomic mass is 10.1. The Morgan fingerprint density at radius 3 is 2.80 bits per heavy atom. The summed E-state index contributed by atoms with van der Waals surface area (Å²) in [5.41, 5.74) is 7.06. The minimum Gasteiger partial charge on any atom is -0.506 e. The number of carbonyl (C=O) groups is 2. The molecule has 0 atom stereocenters. The lowest BCUT2D eigenvalue weighted by Gasteiger charge is -2.35. The molecule has 2 rings (SSSR count). The standard InChI is InChI=1S/C18H23N3O4/c1-20-14-10-13(6-4-2-3-5-8-19)11-15(22)18(14)21(12-16(20)23)9-7-17(24)25/h10-11,22H,2-3,5,7-9,12,19H2,1H3,(H,24,25). The quantitative estimate of drug-likeness (QED) is 0.527. The highest BCUT2D eigenvalue weighted by molar-refractivity contribution is 6.04. The van der Waals surface area contributed by atoms with Crippen molar-refractivity contribution in [2.45, 2.75) is 25.7 Å². The largest absolute Gasteiger partial charge is 0.506 e. The summed E-state index contributed by atoms with van der Waals surface area (Å²) >= 11 is 0. The molecule has 1 aromatic rings. The van der Waals surface area contributed by atoms with Gasteiger partial charge in [-0.3, -0.25) is 9.59 Å². The number of carboxylic acids is 1. The second kappa shape index (κ2) is 8.40. The molecule has 1 aliphatic heterocycles. The van der Waals surface area contributed by atoms with Crippen LogP contribution in [0.2, 0.25) is 0 Å². The third-order valence-electron chi connectivity index (χ3n) is 4.03. The number of aromatic hydroxyl groups is 1. The van der Waals surface area contributed by atoms with Crippen molar-refractivity contribution in [3.05, 3.63) is 17.7 Å². The van der Waals surface area contributed by atoms with Gasteiger partial charge in [-0.05, 0) is 31.5 Å². The first kappa shape index (κ1) is 18.6. The number of anilines is 2. The SMILES string of the molecule is CN1C(=O)CN(CCC(=O)O)c2c(O)cc(C#CCCCCN)cc21. The number of aliphatic carboxylic acids is 1. The van der Waals surface area contributed by atoms with Gasteiger partial charge in [-0.1, -0.05) is 11.8 Å². The molecule has 0 unspecified atom stereocenters. The van der Waals surface area contributed by atoms with Crippen molar-refractivity contribution >= 4 is 23.3 Å². The zero-order valence-corrected chi connectivity index (χ0v) is 14.3. The van der Waals surface area contributed by atoms with E-state index >= 15 is 0 Å². The van der Waals surface area contributed by atoms with Gasteiger partial charge in [0.1, 0.15) is 11.4 Å². The number of hydrogen-bond donors (Lipinski definition) is 3. The molecule has 0 saturated heterocycles. The first-order chi connectivity index (χ1) is 11.9. The van der Waals surface area contributed by atoms with Crippen molar-refractivity contribution in [1.29, 1.82) is 0 Å². The van der Waals surface area contributed by atoms with Crippen molar-refractivity contribution in [3.63, 3.8) is 0 Å². The molecule has 134 valence electrons. The van der Waals surface area contributed by atoms with E-state index in [-0.39, 0.29) is 31.2 Å². The summed E-state index contributed by atoms with van der Waals surface area (Å²) in [5.74, 6) is 4.91. The summed E-state index contributed by atoms with van der Waals surface area (Å²) in [5, 5.41) is 19.3. The molecule has 0 fully saturated rings. The van der Waals surface area contributed by atoms with E-state index in [4.69, 9.17) is 10.8 Å². The second-order valence-electron chi connectivity index (χ2n) is 5.93. The van der Waals surface area contributed by atoms with Crippen LogP contribution in [0.5, 0.6) is 5.75 Å².